The minimum Gasteiger partial charge on any atom is -0.448 e. The zero-order chi connectivity index (χ0) is 31.1. The molecule has 224 valence electrons. The largest absolute Gasteiger partial charge is 0.448 e. The molecule has 2 aromatic rings. The van der Waals surface area contributed by atoms with Crippen molar-refractivity contribution in [3.05, 3.63) is 30.6 Å². The first-order valence-electron chi connectivity index (χ1n) is 13.2. The zero-order valence-corrected chi connectivity index (χ0v) is 26.8. The molecule has 1 amide bonds. The Kier molecular flexibility index (Phi) is 12.1. The van der Waals surface area contributed by atoms with Crippen LogP contribution in [0.5, 0.6) is 0 Å². The van der Waals surface area contributed by atoms with E-state index in [0.717, 1.165) is 5.89 Å². The molecule has 2 aliphatic heterocycles. The van der Waals surface area contributed by atoms with Gasteiger partial charge in [0.05, 0.1) is 30.3 Å². The Morgan fingerprint density at radius 3 is 1.55 bits per heavy atom. The lowest BCUT2D eigenvalue weighted by molar-refractivity contribution is -0.124. The number of ketones is 2. The first-order valence-corrected chi connectivity index (χ1v) is 14.1. The Labute approximate surface area is 242 Å². The second-order valence-electron chi connectivity index (χ2n) is 14.0. The number of hydrogen-bond donors (Lipinski definition) is 1. The van der Waals surface area contributed by atoms with Crippen LogP contribution in [0.15, 0.2) is 27.7 Å². The number of carbonyl (C=O) groups excluding carboxylic acids is 4. The van der Waals surface area contributed by atoms with Gasteiger partial charge >= 0.3 is 0 Å². The molecular weight excluding hydrogens is 532 g/mol. The van der Waals surface area contributed by atoms with Gasteiger partial charge in [0.25, 0.3) is 0 Å². The van der Waals surface area contributed by atoms with E-state index in [9.17, 15) is 19.2 Å². The molecule has 0 aliphatic carbocycles. The van der Waals surface area contributed by atoms with E-state index in [1.807, 2.05) is 62.3 Å². The number of amides is 1. The summed E-state index contributed by atoms with van der Waals surface area (Å²) in [6, 6.07) is -0.282. The van der Waals surface area contributed by atoms with Gasteiger partial charge in [0.2, 0.25) is 11.8 Å². The number of Topliss-reactive ketones (excluding diaryl/α,β-unsaturated/α-hetero) is 2. The third kappa shape index (κ3) is 11.7. The van der Waals surface area contributed by atoms with Crippen LogP contribution in [0.2, 0.25) is 0 Å². The van der Waals surface area contributed by atoms with Crippen LogP contribution in [0.4, 0.5) is 0 Å². The third-order valence-corrected chi connectivity index (χ3v) is 7.16. The predicted octanol–water partition coefficient (Wildman–Crippen LogP) is 5.46. The zero-order valence-electron chi connectivity index (χ0n) is 26.0. The van der Waals surface area contributed by atoms with Crippen LogP contribution in [0.1, 0.15) is 108 Å². The van der Waals surface area contributed by atoms with Gasteiger partial charge in [-0.25, -0.2) is 4.98 Å². The highest BCUT2D eigenvalue weighted by molar-refractivity contribution is 8.15. The standard InChI is InChI=1S/C8H13NO2.C8H12O2S.C7H11NO.C6H10N2O/c1-8(2,3)7-5(10)4-6(11)9-7;1-8(2,3)7-5(9)4-6(10)11-7;1-7(2,3)6-8-4-5-9-6;1-6(2,3)5-7-4-8-9-5/h7H,4H2,1-3H3,(H,9,11);7H,4H2,1-3H3;4-5H,1-3H3;4H,1-3H3. The first-order chi connectivity index (χ1) is 18.0. The third-order valence-electron chi connectivity index (χ3n) is 5.55. The lowest BCUT2D eigenvalue weighted by atomic mass is 9.85. The maximum atomic E-state index is 11.2. The van der Waals surface area contributed by atoms with Gasteiger partial charge in [0.1, 0.15) is 6.26 Å². The normalized spacial score (nSPS) is 19.6. The van der Waals surface area contributed by atoms with E-state index in [2.05, 4.69) is 41.2 Å². The molecule has 2 unspecified atom stereocenters. The summed E-state index contributed by atoms with van der Waals surface area (Å²) >= 11 is 1.19. The number of hydrogen-bond acceptors (Lipinski definition) is 10. The molecule has 2 fully saturated rings. The molecule has 4 heterocycles. The molecule has 2 atom stereocenters. The number of rotatable bonds is 0. The molecule has 2 saturated heterocycles. The number of carbonyl (C=O) groups is 4. The first kappa shape index (κ1) is 35.2. The van der Waals surface area contributed by atoms with Crippen LogP contribution in [0.25, 0.3) is 0 Å². The number of oxazole rings is 1. The van der Waals surface area contributed by atoms with E-state index >= 15 is 0 Å². The van der Waals surface area contributed by atoms with E-state index in [4.69, 9.17) is 8.94 Å². The maximum Gasteiger partial charge on any atom is 0.231 e. The smallest absolute Gasteiger partial charge is 0.231 e. The number of nitrogens with zero attached hydrogens (tertiary/aromatic N) is 3. The van der Waals surface area contributed by atoms with E-state index in [1.165, 1.54) is 18.1 Å². The van der Waals surface area contributed by atoms with Crippen LogP contribution in [0.3, 0.4) is 0 Å². The van der Waals surface area contributed by atoms with Gasteiger partial charge < -0.3 is 14.3 Å². The van der Waals surface area contributed by atoms with Gasteiger partial charge in [0, 0.05) is 10.8 Å². The Balaban J connectivity index is 0.000000268. The van der Waals surface area contributed by atoms with Crippen molar-refractivity contribution >= 4 is 34.4 Å². The topological polar surface area (TPSA) is 145 Å². The fourth-order valence-electron chi connectivity index (χ4n) is 3.48. The van der Waals surface area contributed by atoms with E-state index < -0.39 is 0 Å². The van der Waals surface area contributed by atoms with Gasteiger partial charge in [-0.3, -0.25) is 19.2 Å². The van der Waals surface area contributed by atoms with Crippen molar-refractivity contribution < 1.29 is 28.1 Å². The molecule has 0 spiro atoms. The molecule has 0 saturated carbocycles. The minimum absolute atomic E-state index is 0.0162. The van der Waals surface area contributed by atoms with Gasteiger partial charge in [-0.15, -0.1) is 0 Å². The van der Waals surface area contributed by atoms with Crippen LogP contribution in [0, 0.1) is 10.8 Å². The molecule has 0 radical (unpaired) electrons. The molecule has 2 aromatic heterocycles. The number of aromatic nitrogens is 3. The van der Waals surface area contributed by atoms with Crippen molar-refractivity contribution in [1.82, 2.24) is 20.4 Å². The average molecular weight is 579 g/mol. The van der Waals surface area contributed by atoms with Crippen LogP contribution >= 0.6 is 11.8 Å². The quantitative estimate of drug-likeness (QED) is 0.400. The second-order valence-corrected chi connectivity index (χ2v) is 15.1. The van der Waals surface area contributed by atoms with E-state index in [1.54, 1.807) is 12.5 Å². The van der Waals surface area contributed by atoms with Gasteiger partial charge in [-0.05, 0) is 10.8 Å². The summed E-state index contributed by atoms with van der Waals surface area (Å²) in [5.74, 6) is 1.44. The fourth-order valence-corrected chi connectivity index (χ4v) is 4.54. The molecule has 0 aromatic carbocycles. The molecule has 4 rings (SSSR count). The molecule has 2 aliphatic rings. The number of thioether (sulfide) groups is 1. The average Bonchev–Trinajstić information content (AvgIpc) is 3.54. The minimum atomic E-state index is -0.282. The molecule has 40 heavy (non-hydrogen) atoms. The van der Waals surface area contributed by atoms with E-state index in [-0.39, 0.29) is 68.4 Å². The Morgan fingerprint density at radius 2 is 1.35 bits per heavy atom. The van der Waals surface area contributed by atoms with E-state index in [0.29, 0.717) is 5.89 Å². The fraction of sp³-hybridized carbons (Fsp3) is 0.690. The summed E-state index contributed by atoms with van der Waals surface area (Å²) in [6.45, 7) is 24.1. The highest BCUT2D eigenvalue weighted by atomic mass is 32.2. The van der Waals surface area contributed by atoms with Crippen LogP contribution in [-0.4, -0.2) is 49.0 Å². The molecule has 11 heteroatoms. The molecule has 10 nitrogen and oxygen atoms in total. The van der Waals surface area contributed by atoms with Crippen molar-refractivity contribution in [2.45, 2.75) is 118 Å². The Bertz CT molecular complexity index is 1030. The lowest BCUT2D eigenvalue weighted by Crippen LogP contribution is -2.40. The summed E-state index contributed by atoms with van der Waals surface area (Å²) in [5, 5.41) is 6.06. The Hall–Kier alpha value is -2.82. The SMILES string of the molecule is CC(C)(C)C1NC(=O)CC1=O.CC(C)(C)C1SC(=O)CC1=O.CC(C)(C)c1ncco1.CC(C)(C)c1ncno1. The summed E-state index contributed by atoms with van der Waals surface area (Å²) in [6.07, 6.45) is 4.87. The summed E-state index contributed by atoms with van der Waals surface area (Å²) in [4.78, 5) is 51.9. The van der Waals surface area contributed by atoms with Gasteiger partial charge in [0.15, 0.2) is 28.9 Å². The summed E-state index contributed by atoms with van der Waals surface area (Å²) in [7, 11) is 0. The molecular formula is C29H46N4O6S. The van der Waals surface area contributed by atoms with Gasteiger partial charge in [-0.2, -0.15) is 4.98 Å². The second kappa shape index (κ2) is 13.7. The molecule has 0 bridgehead atoms. The lowest BCUT2D eigenvalue weighted by Gasteiger charge is -2.24. The Morgan fingerprint density at radius 1 is 0.775 bits per heavy atom. The monoisotopic (exact) mass is 578 g/mol. The van der Waals surface area contributed by atoms with Crippen molar-refractivity contribution in [3.8, 4) is 0 Å². The summed E-state index contributed by atoms with van der Waals surface area (Å²) < 4.78 is 9.92. The van der Waals surface area contributed by atoms with Gasteiger partial charge in [-0.1, -0.05) is 100 Å². The van der Waals surface area contributed by atoms with Crippen molar-refractivity contribution in [3.63, 3.8) is 0 Å². The van der Waals surface area contributed by atoms with Crippen LogP contribution in [-0.2, 0) is 30.0 Å². The molecule has 1 N–H and O–H groups in total. The highest BCUT2D eigenvalue weighted by Gasteiger charge is 2.40. The van der Waals surface area contributed by atoms with Crippen molar-refractivity contribution in [2.75, 3.05) is 0 Å². The predicted molar refractivity (Wildman–Crippen MR) is 155 cm³/mol. The highest BCUT2D eigenvalue weighted by Crippen LogP contribution is 2.37. The van der Waals surface area contributed by atoms with Crippen molar-refractivity contribution in [2.24, 2.45) is 10.8 Å². The number of nitrogens with one attached hydrogen (secondary N) is 1. The maximum absolute atomic E-state index is 11.2. The van der Waals surface area contributed by atoms with Crippen molar-refractivity contribution in [1.29, 1.82) is 0 Å². The van der Waals surface area contributed by atoms with Crippen LogP contribution < -0.4 is 5.32 Å². The summed E-state index contributed by atoms with van der Waals surface area (Å²) in [5.41, 5.74) is -0.197.